The molecule has 1 aromatic heterocycles. The van der Waals surface area contributed by atoms with Crippen LogP contribution in [0.2, 0.25) is 0 Å². The lowest BCUT2D eigenvalue weighted by atomic mass is 9.35. The van der Waals surface area contributed by atoms with Crippen molar-refractivity contribution in [3.8, 4) is 22.5 Å². The summed E-state index contributed by atoms with van der Waals surface area (Å²) < 4.78 is 7.71. The van der Waals surface area contributed by atoms with E-state index in [-0.39, 0.29) is 23.5 Å². The van der Waals surface area contributed by atoms with Crippen molar-refractivity contribution >= 4 is 92.8 Å². The molecular formula is C71H62BN9O. The van der Waals surface area contributed by atoms with Crippen molar-refractivity contribution in [3.63, 3.8) is 0 Å². The summed E-state index contributed by atoms with van der Waals surface area (Å²) >= 11 is 0. The Morgan fingerprint density at radius 3 is 1.41 bits per heavy atom. The fourth-order valence-corrected chi connectivity index (χ4v) is 12.1. The van der Waals surface area contributed by atoms with E-state index >= 15 is 0 Å². The maximum atomic E-state index is 7.71. The van der Waals surface area contributed by atoms with Gasteiger partial charge in [0.25, 0.3) is 6.71 Å². The Bertz CT molecular complexity index is 4150. The maximum absolute atomic E-state index is 7.71. The summed E-state index contributed by atoms with van der Waals surface area (Å²) in [6, 6.07) is 71.3. The molecule has 0 fully saturated rings. The first kappa shape index (κ1) is 50.7. The molecule has 1 unspecified atom stereocenters. The van der Waals surface area contributed by atoms with Crippen LogP contribution in [0.4, 0.5) is 34.1 Å². The van der Waals surface area contributed by atoms with Gasteiger partial charge in [-0.25, -0.2) is 4.90 Å². The number of hydrogen-bond donors (Lipinski definition) is 0. The average Bonchev–Trinajstić information content (AvgIpc) is 3.01. The van der Waals surface area contributed by atoms with Crippen LogP contribution in [-0.2, 0) is 10.8 Å². The van der Waals surface area contributed by atoms with Gasteiger partial charge in [-0.15, -0.1) is 0 Å². The topological polar surface area (TPSA) is 97.0 Å². The van der Waals surface area contributed by atoms with Gasteiger partial charge >= 0.3 is 0 Å². The largest absolute Gasteiger partial charge is 0.467 e. The molecule has 6 heterocycles. The predicted octanol–water partition coefficient (Wildman–Crippen LogP) is 15.2. The van der Waals surface area contributed by atoms with Gasteiger partial charge in [0.1, 0.15) is 5.76 Å². The number of anilines is 6. The van der Waals surface area contributed by atoms with Crippen LogP contribution in [0.5, 0.6) is 0 Å². The van der Waals surface area contributed by atoms with E-state index in [1.807, 2.05) is 60.7 Å². The minimum Gasteiger partial charge on any atom is -0.467 e. The van der Waals surface area contributed by atoms with Gasteiger partial charge in [-0.05, 0) is 111 Å². The zero-order chi connectivity index (χ0) is 56.0. The number of hydrogen-bond acceptors (Lipinski definition) is 10. The molecule has 14 rings (SSSR count). The van der Waals surface area contributed by atoms with Crippen LogP contribution >= 0.6 is 0 Å². The van der Waals surface area contributed by atoms with E-state index in [0.29, 0.717) is 35.4 Å². The zero-order valence-electron chi connectivity index (χ0n) is 47.6. The van der Waals surface area contributed by atoms with E-state index in [0.717, 1.165) is 91.8 Å². The molecule has 10 nitrogen and oxygen atoms in total. The molecule has 5 aliphatic rings. The van der Waals surface area contributed by atoms with Gasteiger partial charge in [-0.3, -0.25) is 0 Å². The first-order chi connectivity index (χ1) is 39.8. The molecular weight excluding hydrogens is 1010 g/mol. The van der Waals surface area contributed by atoms with Gasteiger partial charge in [0.2, 0.25) is 17.9 Å². The number of benzene rings is 8. The van der Waals surface area contributed by atoms with Crippen LogP contribution in [0.15, 0.2) is 235 Å². The predicted molar refractivity (Wildman–Crippen MR) is 341 cm³/mol. The van der Waals surface area contributed by atoms with E-state index in [4.69, 9.17) is 34.4 Å². The molecule has 0 spiro atoms. The summed E-state index contributed by atoms with van der Waals surface area (Å²) in [7, 11) is 0. The minimum atomic E-state index is -0.255. The highest BCUT2D eigenvalue weighted by atomic mass is 16.3. The Balaban J connectivity index is 1.01. The summed E-state index contributed by atoms with van der Waals surface area (Å²) in [6.07, 6.45) is 2.11. The Hall–Kier alpha value is -9.48. The Kier molecular flexibility index (Phi) is 12.2. The Morgan fingerprint density at radius 2 is 0.902 bits per heavy atom. The smallest absolute Gasteiger partial charge is 0.297 e. The number of rotatable bonds is 10. The van der Waals surface area contributed by atoms with Gasteiger partial charge < -0.3 is 14.2 Å². The summed E-state index contributed by atoms with van der Waals surface area (Å²) in [5, 5.41) is 0. The van der Waals surface area contributed by atoms with Crippen molar-refractivity contribution in [2.45, 2.75) is 85.0 Å². The fourth-order valence-electron chi connectivity index (χ4n) is 12.1. The lowest BCUT2D eigenvalue weighted by Gasteiger charge is -2.43. The molecule has 8 aromatic carbocycles. The molecule has 9 aromatic rings. The summed E-state index contributed by atoms with van der Waals surface area (Å²) in [5.74, 6) is 3.82. The number of furan rings is 1. The molecule has 1 atom stereocenters. The molecule has 11 heteroatoms. The standard InChI is InChI=1S/C71H62BN9O/c1-9-22-44(2)50-41-57-60-58(42-50)80(54-36-31-49(32-37-54)66-77-68-75-64(47-27-18-12-19-28-47)73-67-74-65(48-29-20-13-21-30-48)76-69(78-66)81(67)68)61-59(45-23-14-10-15-24-45)62(46-25-16-11-17-26-46)82-63(61)72(60)55-43-52(71(6,7)8)35-40-56(55)79(57)53-38-33-51(34-39-53)70(3,4)5/h10-21,23-44H,9,22H2,1-8H3. The molecule has 0 bridgehead atoms. The first-order valence-electron chi connectivity index (χ1n) is 28.6. The van der Waals surface area contributed by atoms with Crippen molar-refractivity contribution in [2.75, 3.05) is 9.80 Å². The van der Waals surface area contributed by atoms with Crippen molar-refractivity contribution in [1.29, 1.82) is 0 Å². The second kappa shape index (κ2) is 19.7. The normalized spacial score (nSPS) is 15.5. The van der Waals surface area contributed by atoms with Gasteiger partial charge in [-0.1, -0.05) is 207 Å². The second-order valence-corrected chi connectivity index (χ2v) is 24.0. The molecule has 0 aliphatic carbocycles. The third kappa shape index (κ3) is 8.65. The molecule has 0 saturated heterocycles. The average molecular weight is 1070 g/mol. The minimum absolute atomic E-state index is 0.00589. The molecule has 0 radical (unpaired) electrons. The van der Waals surface area contributed by atoms with Gasteiger partial charge in [0.05, 0.1) is 16.9 Å². The highest BCUT2D eigenvalue weighted by molar-refractivity contribution is 6.99. The highest BCUT2D eigenvalue weighted by Gasteiger charge is 2.49. The summed E-state index contributed by atoms with van der Waals surface area (Å²) in [4.78, 5) is 37.0. The van der Waals surface area contributed by atoms with Crippen LogP contribution in [0.3, 0.4) is 0 Å². The maximum Gasteiger partial charge on any atom is 0.297 e. The van der Waals surface area contributed by atoms with E-state index < -0.39 is 0 Å². The fraction of sp³-hybridized carbons (Fsp3) is 0.183. The lowest BCUT2D eigenvalue weighted by Crippen LogP contribution is -2.61. The van der Waals surface area contributed by atoms with Crippen LogP contribution < -0.4 is 26.4 Å². The van der Waals surface area contributed by atoms with E-state index in [9.17, 15) is 0 Å². The summed E-state index contributed by atoms with van der Waals surface area (Å²) in [5.41, 5.74) is 19.2. The van der Waals surface area contributed by atoms with Crippen molar-refractivity contribution in [3.05, 3.63) is 234 Å². The van der Waals surface area contributed by atoms with Gasteiger partial charge in [-0.2, -0.15) is 30.0 Å². The van der Waals surface area contributed by atoms with Crippen LogP contribution in [0.25, 0.3) is 22.5 Å². The monoisotopic (exact) mass is 1070 g/mol. The zero-order valence-corrected chi connectivity index (χ0v) is 47.6. The van der Waals surface area contributed by atoms with Gasteiger partial charge in [0.15, 0.2) is 17.5 Å². The van der Waals surface area contributed by atoms with Gasteiger partial charge in [0, 0.05) is 50.7 Å². The molecule has 5 aliphatic heterocycles. The third-order valence-corrected chi connectivity index (χ3v) is 16.4. The lowest BCUT2D eigenvalue weighted by molar-refractivity contribution is 0.590. The second-order valence-electron chi connectivity index (χ2n) is 24.0. The Labute approximate surface area is 480 Å². The molecule has 82 heavy (non-hydrogen) atoms. The van der Waals surface area contributed by atoms with Crippen LogP contribution in [-0.4, -0.2) is 47.0 Å². The highest BCUT2D eigenvalue weighted by Crippen LogP contribution is 2.52. The molecule has 400 valence electrons. The molecule has 0 amide bonds. The quantitative estimate of drug-likeness (QED) is 0.127. The number of guanidine groups is 3. The molecule has 0 N–H and O–H groups in total. The number of aliphatic imine (C=N–C) groups is 6. The Morgan fingerprint density at radius 1 is 0.451 bits per heavy atom. The third-order valence-electron chi connectivity index (χ3n) is 16.4. The number of nitrogens with zero attached hydrogens (tertiary/aromatic N) is 9. The number of fused-ring (bicyclic) bond motifs is 4. The first-order valence-corrected chi connectivity index (χ1v) is 28.6. The molecule has 0 saturated carbocycles. The number of amidine groups is 3. The van der Waals surface area contributed by atoms with E-state index in [2.05, 4.69) is 205 Å². The van der Waals surface area contributed by atoms with Crippen molar-refractivity contribution in [1.82, 2.24) is 4.90 Å². The van der Waals surface area contributed by atoms with Crippen molar-refractivity contribution in [2.24, 2.45) is 30.0 Å². The van der Waals surface area contributed by atoms with Crippen LogP contribution in [0, 0.1) is 0 Å². The summed E-state index contributed by atoms with van der Waals surface area (Å²) in [6.45, 7) is 18.2. The van der Waals surface area contributed by atoms with Crippen LogP contribution in [0.1, 0.15) is 108 Å². The SMILES string of the molecule is CCCC(C)c1cc2c3c(c1)N(c1ccc(C4=NC5=NC(c6ccccc6)=NC6=NC(c7ccccc7)=NC(=N4)N65)cc1)c1c(oc(-c4ccccc4)c1-c1ccccc1)B3c1cc(C(C)(C)C)ccc1N2c1ccc(C(C)(C)C)cc1. The van der Waals surface area contributed by atoms with E-state index in [1.54, 1.807) is 4.90 Å². The van der Waals surface area contributed by atoms with Crippen molar-refractivity contribution < 1.29 is 4.42 Å². The van der Waals surface area contributed by atoms with E-state index in [1.165, 1.54) is 27.6 Å².